The highest BCUT2D eigenvalue weighted by Crippen LogP contribution is 2.14. The summed E-state index contributed by atoms with van der Waals surface area (Å²) in [5.41, 5.74) is 2.68. The van der Waals surface area contributed by atoms with E-state index >= 15 is 0 Å². The molecule has 1 aromatic heterocycles. The van der Waals surface area contributed by atoms with E-state index in [0.717, 1.165) is 36.1 Å². The molecule has 0 spiro atoms. The van der Waals surface area contributed by atoms with Crippen molar-refractivity contribution < 1.29 is 0 Å². The summed E-state index contributed by atoms with van der Waals surface area (Å²) < 4.78 is 3.36. The van der Waals surface area contributed by atoms with Crippen molar-refractivity contribution in [1.82, 2.24) is 9.55 Å². The van der Waals surface area contributed by atoms with E-state index in [0.29, 0.717) is 0 Å². The van der Waals surface area contributed by atoms with Gasteiger partial charge in [0.15, 0.2) is 0 Å². The largest absolute Gasteiger partial charge is 0.331 e. The zero-order valence-corrected chi connectivity index (χ0v) is 14.0. The van der Waals surface area contributed by atoms with Crippen LogP contribution in [0.4, 0.5) is 0 Å². The number of aromatic nitrogens is 2. The molecule has 3 heteroatoms. The summed E-state index contributed by atoms with van der Waals surface area (Å²) in [6.07, 6.45) is 7.20. The van der Waals surface area contributed by atoms with Gasteiger partial charge in [-0.2, -0.15) is 0 Å². The number of halogens is 1. The van der Waals surface area contributed by atoms with E-state index in [1.165, 1.54) is 11.1 Å². The molecule has 22 heavy (non-hydrogen) atoms. The molecule has 0 aliphatic heterocycles. The lowest BCUT2D eigenvalue weighted by molar-refractivity contribution is 0.685. The highest BCUT2D eigenvalue weighted by molar-refractivity contribution is 9.10. The van der Waals surface area contributed by atoms with Crippen LogP contribution in [0.3, 0.4) is 0 Å². The highest BCUT2D eigenvalue weighted by atomic mass is 79.9. The van der Waals surface area contributed by atoms with Gasteiger partial charge in [0.05, 0.1) is 0 Å². The molecule has 0 aliphatic rings. The minimum Gasteiger partial charge on any atom is -0.331 e. The number of aryl methyl sites for hydroxylation is 2. The van der Waals surface area contributed by atoms with E-state index < -0.39 is 0 Å². The minimum absolute atomic E-state index is 0.875. The molecule has 0 atom stereocenters. The van der Waals surface area contributed by atoms with Crippen molar-refractivity contribution in [3.8, 4) is 0 Å². The van der Waals surface area contributed by atoms with Gasteiger partial charge >= 0.3 is 0 Å². The van der Waals surface area contributed by atoms with Crippen LogP contribution in [-0.2, 0) is 19.4 Å². The molecule has 0 radical (unpaired) electrons. The summed E-state index contributed by atoms with van der Waals surface area (Å²) in [4.78, 5) is 4.52. The van der Waals surface area contributed by atoms with Crippen molar-refractivity contribution in [2.45, 2.75) is 25.8 Å². The van der Waals surface area contributed by atoms with E-state index in [9.17, 15) is 0 Å². The first-order valence-corrected chi connectivity index (χ1v) is 8.39. The molecule has 112 valence electrons. The van der Waals surface area contributed by atoms with Crippen LogP contribution in [0.25, 0.3) is 0 Å². The molecule has 0 saturated carbocycles. The van der Waals surface area contributed by atoms with Crippen molar-refractivity contribution in [1.29, 1.82) is 0 Å². The Labute approximate surface area is 140 Å². The van der Waals surface area contributed by atoms with Crippen LogP contribution in [0.1, 0.15) is 23.4 Å². The zero-order chi connectivity index (χ0) is 15.2. The topological polar surface area (TPSA) is 17.8 Å². The Morgan fingerprint density at radius 1 is 0.909 bits per heavy atom. The van der Waals surface area contributed by atoms with Gasteiger partial charge in [-0.05, 0) is 36.1 Å². The number of nitrogens with zero attached hydrogens (tertiary/aromatic N) is 2. The summed E-state index contributed by atoms with van der Waals surface area (Å²) in [7, 11) is 0. The quantitative estimate of drug-likeness (QED) is 0.617. The smallest absolute Gasteiger partial charge is 0.108 e. The molecule has 0 N–H and O–H groups in total. The lowest BCUT2D eigenvalue weighted by atomic mass is 10.1. The maximum absolute atomic E-state index is 4.52. The molecule has 0 saturated heterocycles. The van der Waals surface area contributed by atoms with Crippen LogP contribution in [0.5, 0.6) is 0 Å². The molecule has 2 aromatic carbocycles. The summed E-state index contributed by atoms with van der Waals surface area (Å²) >= 11 is 3.53. The minimum atomic E-state index is 0.875. The van der Waals surface area contributed by atoms with Crippen LogP contribution in [-0.4, -0.2) is 9.55 Å². The third-order valence-electron chi connectivity index (χ3n) is 3.75. The Hall–Kier alpha value is -1.87. The standard InChI is InChI=1S/C19H19BrN2/c20-18-10-4-9-17(14-18)15-22-13-12-21-19(22)11-5-8-16-6-2-1-3-7-16/h1-4,6-7,9-10,12-14H,5,8,11,15H2. The van der Waals surface area contributed by atoms with Gasteiger partial charge in [0.1, 0.15) is 5.82 Å². The van der Waals surface area contributed by atoms with Crippen molar-refractivity contribution >= 4 is 15.9 Å². The third-order valence-corrected chi connectivity index (χ3v) is 4.25. The van der Waals surface area contributed by atoms with E-state index in [1.54, 1.807) is 0 Å². The molecule has 0 aliphatic carbocycles. The number of rotatable bonds is 6. The summed E-state index contributed by atoms with van der Waals surface area (Å²) in [6, 6.07) is 19.1. The fourth-order valence-corrected chi connectivity index (χ4v) is 3.09. The second-order valence-corrected chi connectivity index (χ2v) is 6.36. The molecule has 0 unspecified atom stereocenters. The second kappa shape index (κ2) is 7.41. The van der Waals surface area contributed by atoms with Crippen LogP contribution < -0.4 is 0 Å². The van der Waals surface area contributed by atoms with E-state index in [2.05, 4.69) is 86.3 Å². The fourth-order valence-electron chi connectivity index (χ4n) is 2.64. The Morgan fingerprint density at radius 2 is 1.73 bits per heavy atom. The maximum atomic E-state index is 4.52. The van der Waals surface area contributed by atoms with Gasteiger partial charge in [-0.15, -0.1) is 0 Å². The van der Waals surface area contributed by atoms with Gasteiger partial charge in [-0.1, -0.05) is 58.4 Å². The van der Waals surface area contributed by atoms with E-state index in [-0.39, 0.29) is 0 Å². The van der Waals surface area contributed by atoms with Gasteiger partial charge in [-0.25, -0.2) is 4.98 Å². The van der Waals surface area contributed by atoms with E-state index in [1.807, 2.05) is 6.20 Å². The molecule has 1 heterocycles. The molecule has 3 aromatic rings. The van der Waals surface area contributed by atoms with Crippen molar-refractivity contribution in [2.75, 3.05) is 0 Å². The number of hydrogen-bond acceptors (Lipinski definition) is 1. The van der Waals surface area contributed by atoms with Gasteiger partial charge in [0, 0.05) is 29.8 Å². The number of benzene rings is 2. The van der Waals surface area contributed by atoms with Gasteiger partial charge in [0.2, 0.25) is 0 Å². The van der Waals surface area contributed by atoms with Crippen molar-refractivity contribution in [3.05, 3.63) is 88.4 Å². The monoisotopic (exact) mass is 354 g/mol. The fraction of sp³-hybridized carbons (Fsp3) is 0.211. The molecule has 0 bridgehead atoms. The molecular weight excluding hydrogens is 336 g/mol. The molecular formula is C19H19BrN2. The molecule has 0 fully saturated rings. The Kier molecular flexibility index (Phi) is 5.07. The first-order chi connectivity index (χ1) is 10.8. The van der Waals surface area contributed by atoms with Crippen LogP contribution in [0.15, 0.2) is 71.5 Å². The molecule has 3 rings (SSSR count). The molecule has 0 amide bonds. The first-order valence-electron chi connectivity index (χ1n) is 7.59. The lowest BCUT2D eigenvalue weighted by Gasteiger charge is -2.08. The average molecular weight is 355 g/mol. The Balaban J connectivity index is 1.60. The molecule has 2 nitrogen and oxygen atoms in total. The Bertz CT molecular complexity index is 719. The normalized spacial score (nSPS) is 10.8. The summed E-state index contributed by atoms with van der Waals surface area (Å²) in [5, 5.41) is 0. The second-order valence-electron chi connectivity index (χ2n) is 5.44. The predicted molar refractivity (Wildman–Crippen MR) is 93.9 cm³/mol. The van der Waals surface area contributed by atoms with Crippen LogP contribution >= 0.6 is 15.9 Å². The average Bonchev–Trinajstić information content (AvgIpc) is 2.96. The van der Waals surface area contributed by atoms with Gasteiger partial charge in [-0.3, -0.25) is 0 Å². The lowest BCUT2D eigenvalue weighted by Crippen LogP contribution is -2.05. The Morgan fingerprint density at radius 3 is 2.55 bits per heavy atom. The first kappa shape index (κ1) is 15.0. The van der Waals surface area contributed by atoms with Crippen molar-refractivity contribution in [2.24, 2.45) is 0 Å². The SMILES string of the molecule is Brc1cccc(Cn2ccnc2CCCc2ccccc2)c1. The van der Waals surface area contributed by atoms with Crippen LogP contribution in [0, 0.1) is 0 Å². The zero-order valence-electron chi connectivity index (χ0n) is 12.5. The van der Waals surface area contributed by atoms with Gasteiger partial charge in [0.25, 0.3) is 0 Å². The number of hydrogen-bond donors (Lipinski definition) is 0. The number of imidazole rings is 1. The van der Waals surface area contributed by atoms with Crippen LogP contribution in [0.2, 0.25) is 0 Å². The van der Waals surface area contributed by atoms with Crippen molar-refractivity contribution in [3.63, 3.8) is 0 Å². The maximum Gasteiger partial charge on any atom is 0.108 e. The predicted octanol–water partition coefficient (Wildman–Crippen LogP) is 4.87. The highest BCUT2D eigenvalue weighted by Gasteiger charge is 2.04. The van der Waals surface area contributed by atoms with Gasteiger partial charge < -0.3 is 4.57 Å². The summed E-state index contributed by atoms with van der Waals surface area (Å²) in [6.45, 7) is 0.875. The third kappa shape index (κ3) is 4.08. The van der Waals surface area contributed by atoms with E-state index in [4.69, 9.17) is 0 Å². The summed E-state index contributed by atoms with van der Waals surface area (Å²) in [5.74, 6) is 1.16.